The van der Waals surface area contributed by atoms with Crippen LogP contribution in [-0.2, 0) is 4.74 Å². The van der Waals surface area contributed by atoms with Gasteiger partial charge in [0.1, 0.15) is 17.1 Å². The van der Waals surface area contributed by atoms with Crippen molar-refractivity contribution in [3.05, 3.63) is 18.1 Å². The van der Waals surface area contributed by atoms with Crippen LogP contribution in [0.15, 0.2) is 12.4 Å². The summed E-state index contributed by atoms with van der Waals surface area (Å²) in [6.45, 7) is 1.98. The van der Waals surface area contributed by atoms with Crippen molar-refractivity contribution in [3.8, 4) is 0 Å². The van der Waals surface area contributed by atoms with E-state index < -0.39 is 5.60 Å². The quantitative estimate of drug-likeness (QED) is 0.843. The van der Waals surface area contributed by atoms with Gasteiger partial charge in [0.25, 0.3) is 5.91 Å². The van der Waals surface area contributed by atoms with Crippen LogP contribution in [0.5, 0.6) is 0 Å². The number of carbonyl (C=O) groups is 2. The lowest BCUT2D eigenvalue weighted by Gasteiger charge is -2.37. The number of alkyl carbamates (subject to hydrolysis) is 1. The van der Waals surface area contributed by atoms with Gasteiger partial charge in [0, 0.05) is 40.0 Å². The third-order valence-electron chi connectivity index (χ3n) is 4.11. The summed E-state index contributed by atoms with van der Waals surface area (Å²) in [6, 6.07) is 0. The number of carbonyl (C=O) groups excluding carboxylic acids is 2. The van der Waals surface area contributed by atoms with Gasteiger partial charge in [-0.1, -0.05) is 0 Å². The van der Waals surface area contributed by atoms with Crippen LogP contribution in [-0.4, -0.2) is 66.2 Å². The Morgan fingerprint density at radius 2 is 2.09 bits per heavy atom. The number of amides is 2. The van der Waals surface area contributed by atoms with Crippen molar-refractivity contribution in [2.75, 3.05) is 38.6 Å². The van der Waals surface area contributed by atoms with Gasteiger partial charge in [-0.15, -0.1) is 0 Å². The largest absolute Gasteiger partial charge is 0.441 e. The van der Waals surface area contributed by atoms with Crippen molar-refractivity contribution >= 4 is 17.8 Å². The molecule has 0 aliphatic carbocycles. The van der Waals surface area contributed by atoms with E-state index in [2.05, 4.69) is 20.2 Å². The summed E-state index contributed by atoms with van der Waals surface area (Å²) in [5, 5.41) is 2.71. The number of rotatable bonds is 2. The number of aromatic nitrogens is 2. The van der Waals surface area contributed by atoms with E-state index in [1.54, 1.807) is 20.3 Å². The Morgan fingerprint density at radius 1 is 1.36 bits per heavy atom. The lowest BCUT2D eigenvalue weighted by atomic mass is 9.92. The maximum atomic E-state index is 12.0. The van der Waals surface area contributed by atoms with Crippen LogP contribution in [0.4, 0.5) is 10.6 Å². The van der Waals surface area contributed by atoms with Gasteiger partial charge in [0.15, 0.2) is 0 Å². The number of nitrogens with one attached hydrogen (secondary N) is 1. The predicted molar refractivity (Wildman–Crippen MR) is 78.7 cm³/mol. The highest BCUT2D eigenvalue weighted by atomic mass is 16.6. The van der Waals surface area contributed by atoms with Gasteiger partial charge in [-0.25, -0.2) is 9.78 Å². The molecule has 2 saturated heterocycles. The molecule has 1 aromatic rings. The van der Waals surface area contributed by atoms with Crippen LogP contribution in [0.25, 0.3) is 0 Å². The average molecular weight is 305 g/mol. The fourth-order valence-corrected chi connectivity index (χ4v) is 2.76. The van der Waals surface area contributed by atoms with Crippen molar-refractivity contribution in [3.63, 3.8) is 0 Å². The number of anilines is 1. The fraction of sp³-hybridized carbons (Fsp3) is 0.571. The Morgan fingerprint density at radius 3 is 2.68 bits per heavy atom. The van der Waals surface area contributed by atoms with Crippen LogP contribution in [0.2, 0.25) is 0 Å². The molecular weight excluding hydrogens is 286 g/mol. The molecule has 1 N–H and O–H groups in total. The van der Waals surface area contributed by atoms with E-state index in [-0.39, 0.29) is 12.0 Å². The topological polar surface area (TPSA) is 87.7 Å². The minimum atomic E-state index is -0.391. The summed E-state index contributed by atoms with van der Waals surface area (Å²) in [6.07, 6.45) is 4.26. The standard InChI is InChI=1S/C14H19N5O3/c1-18(2)12(20)10-7-15-8-11(17-10)19-5-3-14(4-6-19)9-16-13(21)22-14/h7-8H,3-6,9H2,1-2H3,(H,16,21). The van der Waals surface area contributed by atoms with Crippen LogP contribution in [0.1, 0.15) is 23.3 Å². The molecular formula is C14H19N5O3. The third kappa shape index (κ3) is 2.68. The van der Waals surface area contributed by atoms with Crippen molar-refractivity contribution in [2.45, 2.75) is 18.4 Å². The molecule has 0 unspecified atom stereocenters. The second-order valence-electron chi connectivity index (χ2n) is 5.88. The maximum absolute atomic E-state index is 12.0. The van der Waals surface area contributed by atoms with Crippen molar-refractivity contribution in [2.24, 2.45) is 0 Å². The molecule has 1 spiro atoms. The molecule has 1 aromatic heterocycles. The van der Waals surface area contributed by atoms with Crippen molar-refractivity contribution in [1.29, 1.82) is 0 Å². The summed E-state index contributed by atoms with van der Waals surface area (Å²) in [5.74, 6) is 0.511. The van der Waals surface area contributed by atoms with Crippen LogP contribution in [0.3, 0.4) is 0 Å². The molecule has 118 valence electrons. The van der Waals surface area contributed by atoms with Crippen LogP contribution < -0.4 is 10.2 Å². The zero-order chi connectivity index (χ0) is 15.7. The first kappa shape index (κ1) is 14.6. The van der Waals surface area contributed by atoms with Gasteiger partial charge in [0.2, 0.25) is 0 Å². The maximum Gasteiger partial charge on any atom is 0.407 e. The van der Waals surface area contributed by atoms with Crippen molar-refractivity contribution in [1.82, 2.24) is 20.2 Å². The molecule has 22 heavy (non-hydrogen) atoms. The molecule has 2 aliphatic rings. The fourth-order valence-electron chi connectivity index (χ4n) is 2.76. The number of hydrogen-bond acceptors (Lipinski definition) is 6. The lowest BCUT2D eigenvalue weighted by molar-refractivity contribution is 0.0365. The molecule has 8 heteroatoms. The second-order valence-corrected chi connectivity index (χ2v) is 5.88. The number of hydrogen-bond donors (Lipinski definition) is 1. The smallest absolute Gasteiger partial charge is 0.407 e. The number of nitrogens with zero attached hydrogens (tertiary/aromatic N) is 4. The summed E-state index contributed by atoms with van der Waals surface area (Å²) >= 11 is 0. The molecule has 3 heterocycles. The van der Waals surface area contributed by atoms with E-state index in [4.69, 9.17) is 4.74 Å². The highest BCUT2D eigenvalue weighted by Gasteiger charge is 2.43. The molecule has 2 amide bonds. The van der Waals surface area contributed by atoms with E-state index in [9.17, 15) is 9.59 Å². The zero-order valence-electron chi connectivity index (χ0n) is 12.7. The zero-order valence-corrected chi connectivity index (χ0v) is 12.7. The number of piperidine rings is 1. The Kier molecular flexibility index (Phi) is 3.59. The molecule has 0 aromatic carbocycles. The minimum Gasteiger partial charge on any atom is -0.441 e. The predicted octanol–water partition coefficient (Wildman–Crippen LogP) is 0.257. The molecule has 2 aliphatic heterocycles. The van der Waals surface area contributed by atoms with E-state index in [1.165, 1.54) is 11.1 Å². The van der Waals surface area contributed by atoms with Gasteiger partial charge < -0.3 is 19.9 Å². The van der Waals surface area contributed by atoms with E-state index >= 15 is 0 Å². The lowest BCUT2D eigenvalue weighted by Crippen LogP contribution is -2.47. The van der Waals surface area contributed by atoms with E-state index in [0.717, 1.165) is 12.8 Å². The van der Waals surface area contributed by atoms with Gasteiger partial charge in [-0.2, -0.15) is 0 Å². The Bertz CT molecular complexity index is 596. The highest BCUT2D eigenvalue weighted by Crippen LogP contribution is 2.30. The van der Waals surface area contributed by atoms with Gasteiger partial charge in [-0.05, 0) is 0 Å². The Balaban J connectivity index is 1.70. The summed E-state index contributed by atoms with van der Waals surface area (Å²) in [5.41, 5.74) is -0.0605. The first-order chi connectivity index (χ1) is 10.5. The third-order valence-corrected chi connectivity index (χ3v) is 4.11. The Labute approximate surface area is 128 Å². The van der Waals surface area contributed by atoms with Crippen LogP contribution in [0, 0.1) is 0 Å². The highest BCUT2D eigenvalue weighted by molar-refractivity contribution is 5.91. The summed E-state index contributed by atoms with van der Waals surface area (Å²) < 4.78 is 5.39. The van der Waals surface area contributed by atoms with Gasteiger partial charge in [0.05, 0.1) is 18.9 Å². The van der Waals surface area contributed by atoms with E-state index in [1.807, 2.05) is 0 Å². The van der Waals surface area contributed by atoms with Crippen LogP contribution >= 0.6 is 0 Å². The van der Waals surface area contributed by atoms with Gasteiger partial charge in [-0.3, -0.25) is 9.78 Å². The molecule has 2 fully saturated rings. The Hall–Kier alpha value is -2.38. The average Bonchev–Trinajstić information content (AvgIpc) is 2.88. The first-order valence-corrected chi connectivity index (χ1v) is 7.25. The second kappa shape index (κ2) is 5.43. The normalized spacial score (nSPS) is 19.7. The monoisotopic (exact) mass is 305 g/mol. The van der Waals surface area contributed by atoms with Crippen molar-refractivity contribution < 1.29 is 14.3 Å². The molecule has 0 bridgehead atoms. The molecule has 0 radical (unpaired) electrons. The van der Waals surface area contributed by atoms with E-state index in [0.29, 0.717) is 31.1 Å². The molecule has 3 rings (SSSR count). The van der Waals surface area contributed by atoms with Gasteiger partial charge >= 0.3 is 6.09 Å². The SMILES string of the molecule is CN(C)C(=O)c1cncc(N2CCC3(CC2)CNC(=O)O3)n1. The molecule has 0 saturated carbocycles. The minimum absolute atomic E-state index is 0.170. The molecule has 0 atom stereocenters. The summed E-state index contributed by atoms with van der Waals surface area (Å²) in [4.78, 5) is 35.3. The first-order valence-electron chi connectivity index (χ1n) is 7.25. The molecule has 8 nitrogen and oxygen atoms in total. The summed E-state index contributed by atoms with van der Waals surface area (Å²) in [7, 11) is 3.37. The number of ether oxygens (including phenoxy) is 1.